The SMILES string of the molecule is COCCOCC(C#N)NC1CC1. The smallest absolute Gasteiger partial charge is 0.119 e. The fourth-order valence-electron chi connectivity index (χ4n) is 1.00. The Balaban J connectivity index is 1.99. The Morgan fingerprint density at radius 2 is 2.31 bits per heavy atom. The topological polar surface area (TPSA) is 54.3 Å². The molecule has 0 radical (unpaired) electrons. The first-order valence-electron chi connectivity index (χ1n) is 4.59. The molecule has 1 rings (SSSR count). The zero-order valence-corrected chi connectivity index (χ0v) is 7.95. The Hall–Kier alpha value is -0.630. The molecular formula is C9H16N2O2. The molecule has 4 heteroatoms. The molecule has 0 bridgehead atoms. The summed E-state index contributed by atoms with van der Waals surface area (Å²) in [5.74, 6) is 0. The number of hydrogen-bond acceptors (Lipinski definition) is 4. The number of hydrogen-bond donors (Lipinski definition) is 1. The summed E-state index contributed by atoms with van der Waals surface area (Å²) in [6.07, 6.45) is 2.38. The molecule has 0 aromatic heterocycles. The molecule has 0 aromatic rings. The molecule has 0 heterocycles. The van der Waals surface area contributed by atoms with Gasteiger partial charge in [-0.1, -0.05) is 0 Å². The van der Waals surface area contributed by atoms with Crippen molar-refractivity contribution in [2.75, 3.05) is 26.9 Å². The first kappa shape index (κ1) is 10.5. The van der Waals surface area contributed by atoms with Crippen LogP contribution in [-0.2, 0) is 9.47 Å². The van der Waals surface area contributed by atoms with Crippen LogP contribution in [0.15, 0.2) is 0 Å². The summed E-state index contributed by atoms with van der Waals surface area (Å²) in [7, 11) is 1.63. The van der Waals surface area contributed by atoms with Gasteiger partial charge in [-0.15, -0.1) is 0 Å². The number of nitrogens with one attached hydrogen (secondary N) is 1. The van der Waals surface area contributed by atoms with E-state index in [4.69, 9.17) is 14.7 Å². The van der Waals surface area contributed by atoms with E-state index in [1.54, 1.807) is 7.11 Å². The van der Waals surface area contributed by atoms with Gasteiger partial charge in [0.05, 0.1) is 25.9 Å². The third kappa shape index (κ3) is 4.83. The van der Waals surface area contributed by atoms with Gasteiger partial charge >= 0.3 is 0 Å². The maximum Gasteiger partial charge on any atom is 0.119 e. The van der Waals surface area contributed by atoms with Gasteiger partial charge in [-0.3, -0.25) is 5.32 Å². The van der Waals surface area contributed by atoms with Gasteiger partial charge in [-0.25, -0.2) is 0 Å². The predicted molar refractivity (Wildman–Crippen MR) is 48.3 cm³/mol. The monoisotopic (exact) mass is 184 g/mol. The summed E-state index contributed by atoms with van der Waals surface area (Å²) in [5, 5.41) is 11.9. The van der Waals surface area contributed by atoms with Crippen molar-refractivity contribution in [1.29, 1.82) is 5.26 Å². The second kappa shape index (κ2) is 5.92. The van der Waals surface area contributed by atoms with E-state index in [-0.39, 0.29) is 6.04 Å². The van der Waals surface area contributed by atoms with Gasteiger partial charge in [0.1, 0.15) is 6.04 Å². The summed E-state index contributed by atoms with van der Waals surface area (Å²) in [4.78, 5) is 0. The van der Waals surface area contributed by atoms with Crippen molar-refractivity contribution in [1.82, 2.24) is 5.32 Å². The van der Waals surface area contributed by atoms with Crippen molar-refractivity contribution in [3.05, 3.63) is 0 Å². The molecule has 0 aromatic carbocycles. The quantitative estimate of drug-likeness (QED) is 0.578. The van der Waals surface area contributed by atoms with E-state index < -0.39 is 0 Å². The zero-order chi connectivity index (χ0) is 9.52. The van der Waals surface area contributed by atoms with Crippen molar-refractivity contribution >= 4 is 0 Å². The van der Waals surface area contributed by atoms with Gasteiger partial charge in [-0.2, -0.15) is 5.26 Å². The third-order valence-corrected chi connectivity index (χ3v) is 1.89. The fraction of sp³-hybridized carbons (Fsp3) is 0.889. The van der Waals surface area contributed by atoms with Crippen LogP contribution in [0.2, 0.25) is 0 Å². The average Bonchev–Trinajstić information content (AvgIpc) is 2.94. The Labute approximate surface area is 78.8 Å². The lowest BCUT2D eigenvalue weighted by Crippen LogP contribution is -2.34. The lowest BCUT2D eigenvalue weighted by Gasteiger charge is -2.10. The van der Waals surface area contributed by atoms with Crippen LogP contribution in [0.4, 0.5) is 0 Å². The minimum absolute atomic E-state index is 0.163. The summed E-state index contributed by atoms with van der Waals surface area (Å²) in [6, 6.07) is 2.56. The Bertz CT molecular complexity index is 175. The van der Waals surface area contributed by atoms with E-state index in [2.05, 4.69) is 11.4 Å². The van der Waals surface area contributed by atoms with Gasteiger partial charge in [0.25, 0.3) is 0 Å². The normalized spacial score (nSPS) is 18.2. The van der Waals surface area contributed by atoms with Crippen LogP contribution < -0.4 is 5.32 Å². The second-order valence-electron chi connectivity index (χ2n) is 3.19. The molecule has 1 N–H and O–H groups in total. The summed E-state index contributed by atoms with van der Waals surface area (Å²) < 4.78 is 10.1. The number of nitriles is 1. The van der Waals surface area contributed by atoms with Gasteiger partial charge in [0.2, 0.25) is 0 Å². The number of ether oxygens (including phenoxy) is 2. The minimum Gasteiger partial charge on any atom is -0.382 e. The Kier molecular flexibility index (Phi) is 4.76. The van der Waals surface area contributed by atoms with Gasteiger partial charge < -0.3 is 9.47 Å². The number of nitrogens with zero attached hydrogens (tertiary/aromatic N) is 1. The molecule has 0 amide bonds. The number of rotatable bonds is 7. The van der Waals surface area contributed by atoms with Crippen molar-refractivity contribution in [3.8, 4) is 6.07 Å². The highest BCUT2D eigenvalue weighted by atomic mass is 16.5. The molecule has 0 spiro atoms. The van der Waals surface area contributed by atoms with Crippen molar-refractivity contribution in [3.63, 3.8) is 0 Å². The first-order valence-corrected chi connectivity index (χ1v) is 4.59. The molecule has 1 aliphatic carbocycles. The average molecular weight is 184 g/mol. The standard InChI is InChI=1S/C9H16N2O2/c1-12-4-5-13-7-9(6-10)11-8-2-3-8/h8-9,11H,2-5,7H2,1H3. The fourth-order valence-corrected chi connectivity index (χ4v) is 1.00. The van der Waals surface area contributed by atoms with Crippen molar-refractivity contribution < 1.29 is 9.47 Å². The molecule has 1 atom stereocenters. The Morgan fingerprint density at radius 3 is 2.85 bits per heavy atom. The summed E-state index contributed by atoms with van der Waals surface area (Å²) in [6.45, 7) is 1.60. The minimum atomic E-state index is -0.163. The van der Waals surface area contributed by atoms with Crippen LogP contribution >= 0.6 is 0 Å². The third-order valence-electron chi connectivity index (χ3n) is 1.89. The molecule has 1 aliphatic rings. The van der Waals surface area contributed by atoms with Gasteiger partial charge in [0, 0.05) is 13.2 Å². The molecule has 74 valence electrons. The van der Waals surface area contributed by atoms with Crippen LogP contribution in [0.25, 0.3) is 0 Å². The van der Waals surface area contributed by atoms with E-state index >= 15 is 0 Å². The molecule has 4 nitrogen and oxygen atoms in total. The highest BCUT2D eigenvalue weighted by Gasteiger charge is 2.24. The highest BCUT2D eigenvalue weighted by Crippen LogP contribution is 2.19. The van der Waals surface area contributed by atoms with E-state index in [9.17, 15) is 0 Å². The zero-order valence-electron chi connectivity index (χ0n) is 7.95. The van der Waals surface area contributed by atoms with Gasteiger partial charge in [-0.05, 0) is 12.8 Å². The van der Waals surface area contributed by atoms with Crippen LogP contribution in [-0.4, -0.2) is 39.0 Å². The lowest BCUT2D eigenvalue weighted by atomic mass is 10.3. The number of methoxy groups -OCH3 is 1. The Morgan fingerprint density at radius 1 is 1.54 bits per heavy atom. The van der Waals surface area contributed by atoms with Crippen LogP contribution in [0.3, 0.4) is 0 Å². The molecule has 1 unspecified atom stereocenters. The molecule has 1 fully saturated rings. The van der Waals surface area contributed by atoms with E-state index in [0.717, 1.165) is 0 Å². The summed E-state index contributed by atoms with van der Waals surface area (Å²) in [5.41, 5.74) is 0. The highest BCUT2D eigenvalue weighted by molar-refractivity contribution is 4.95. The van der Waals surface area contributed by atoms with E-state index in [0.29, 0.717) is 25.9 Å². The summed E-state index contributed by atoms with van der Waals surface area (Å²) >= 11 is 0. The van der Waals surface area contributed by atoms with Crippen LogP contribution in [0.5, 0.6) is 0 Å². The molecular weight excluding hydrogens is 168 g/mol. The second-order valence-corrected chi connectivity index (χ2v) is 3.19. The first-order chi connectivity index (χ1) is 6.36. The molecule has 1 saturated carbocycles. The van der Waals surface area contributed by atoms with E-state index in [1.165, 1.54) is 12.8 Å². The van der Waals surface area contributed by atoms with Gasteiger partial charge in [0.15, 0.2) is 0 Å². The largest absolute Gasteiger partial charge is 0.382 e. The maximum absolute atomic E-state index is 8.74. The van der Waals surface area contributed by atoms with E-state index in [1.807, 2.05) is 0 Å². The molecule has 13 heavy (non-hydrogen) atoms. The van der Waals surface area contributed by atoms with Crippen molar-refractivity contribution in [2.24, 2.45) is 0 Å². The molecule has 0 aliphatic heterocycles. The maximum atomic E-state index is 8.74. The van der Waals surface area contributed by atoms with Crippen LogP contribution in [0, 0.1) is 11.3 Å². The van der Waals surface area contributed by atoms with Crippen LogP contribution in [0.1, 0.15) is 12.8 Å². The lowest BCUT2D eigenvalue weighted by molar-refractivity contribution is 0.0649. The van der Waals surface area contributed by atoms with Crippen molar-refractivity contribution in [2.45, 2.75) is 24.9 Å². The molecule has 0 saturated heterocycles. The predicted octanol–water partition coefficient (Wildman–Crippen LogP) is 0.294.